The van der Waals surface area contributed by atoms with Crippen molar-refractivity contribution in [2.75, 3.05) is 39.8 Å². The zero-order valence-corrected chi connectivity index (χ0v) is 14.5. The Hall–Kier alpha value is -2.19. The van der Waals surface area contributed by atoms with E-state index < -0.39 is 10.9 Å². The van der Waals surface area contributed by atoms with E-state index in [0.717, 1.165) is 38.9 Å². The van der Waals surface area contributed by atoms with E-state index in [1.54, 1.807) is 12.1 Å². The minimum atomic E-state index is -0.792. The summed E-state index contributed by atoms with van der Waals surface area (Å²) in [6, 6.07) is 6.39. The van der Waals surface area contributed by atoms with Crippen molar-refractivity contribution in [2.45, 2.75) is 25.3 Å². The van der Waals surface area contributed by atoms with E-state index in [0.29, 0.717) is 18.4 Å². The molecule has 1 N–H and O–H groups in total. The third kappa shape index (κ3) is 6.32. The van der Waals surface area contributed by atoms with Crippen molar-refractivity contribution in [1.82, 2.24) is 9.80 Å². The monoisotopic (exact) mass is 351 g/mol. The van der Waals surface area contributed by atoms with Crippen molar-refractivity contribution in [2.24, 2.45) is 0 Å². The molecule has 1 fully saturated rings. The Bertz CT molecular complexity index is 578. The predicted octanol–water partition coefficient (Wildman–Crippen LogP) is 1.84. The van der Waals surface area contributed by atoms with Crippen LogP contribution in [-0.4, -0.2) is 71.7 Å². The molecule has 1 aromatic carbocycles. The number of rotatable bonds is 8. The first-order chi connectivity index (χ1) is 12.0. The van der Waals surface area contributed by atoms with Gasteiger partial charge in [-0.15, -0.1) is 0 Å². The average molecular weight is 351 g/mol. The van der Waals surface area contributed by atoms with Crippen LogP contribution in [0.4, 0.5) is 5.69 Å². The van der Waals surface area contributed by atoms with Crippen LogP contribution in [0.5, 0.6) is 5.75 Å². The largest absolute Gasteiger partial charge is 0.492 e. The molecule has 0 amide bonds. The SMILES string of the molecule is CN(CC(=O)O)C1CCCN(CCOc2ccc([N+](=O)[O-])cc2)CC1. The Kier molecular flexibility index (Phi) is 7.15. The normalized spacial score (nSPS) is 18.7. The molecule has 1 aromatic rings. The molecule has 0 aliphatic carbocycles. The second kappa shape index (κ2) is 9.33. The van der Waals surface area contributed by atoms with Gasteiger partial charge >= 0.3 is 5.97 Å². The van der Waals surface area contributed by atoms with Gasteiger partial charge in [0.25, 0.3) is 5.69 Å². The standard InChI is InChI=1S/C17H25N3O5/c1-18(13-17(21)22)14-3-2-9-19(10-8-14)11-12-25-16-6-4-15(5-7-16)20(23)24/h4-7,14H,2-3,8-13H2,1H3,(H,21,22). The molecule has 1 saturated heterocycles. The van der Waals surface area contributed by atoms with Gasteiger partial charge in [0.2, 0.25) is 0 Å². The Balaban J connectivity index is 1.72. The van der Waals surface area contributed by atoms with E-state index in [9.17, 15) is 14.9 Å². The second-order valence-electron chi connectivity index (χ2n) is 6.33. The molecule has 1 heterocycles. The highest BCUT2D eigenvalue weighted by molar-refractivity contribution is 5.69. The molecule has 8 heteroatoms. The molecule has 0 saturated carbocycles. The van der Waals surface area contributed by atoms with E-state index in [-0.39, 0.29) is 12.2 Å². The lowest BCUT2D eigenvalue weighted by Gasteiger charge is -2.25. The fourth-order valence-corrected chi connectivity index (χ4v) is 3.10. The Morgan fingerprint density at radius 1 is 1.36 bits per heavy atom. The summed E-state index contributed by atoms with van der Waals surface area (Å²) >= 11 is 0. The highest BCUT2D eigenvalue weighted by Gasteiger charge is 2.21. The van der Waals surface area contributed by atoms with Crippen LogP contribution >= 0.6 is 0 Å². The number of benzene rings is 1. The van der Waals surface area contributed by atoms with Gasteiger partial charge < -0.3 is 9.84 Å². The topological polar surface area (TPSA) is 96.2 Å². The molecular weight excluding hydrogens is 326 g/mol. The van der Waals surface area contributed by atoms with E-state index >= 15 is 0 Å². The molecule has 1 atom stereocenters. The fraction of sp³-hybridized carbons (Fsp3) is 0.588. The molecule has 1 unspecified atom stereocenters. The first-order valence-electron chi connectivity index (χ1n) is 8.47. The smallest absolute Gasteiger partial charge is 0.317 e. The van der Waals surface area contributed by atoms with Crippen LogP contribution in [0.2, 0.25) is 0 Å². The Morgan fingerprint density at radius 2 is 2.08 bits per heavy atom. The summed E-state index contributed by atoms with van der Waals surface area (Å²) in [7, 11) is 1.87. The fourth-order valence-electron chi connectivity index (χ4n) is 3.10. The summed E-state index contributed by atoms with van der Waals surface area (Å²) in [5, 5.41) is 19.5. The number of carbonyl (C=O) groups is 1. The van der Waals surface area contributed by atoms with E-state index in [4.69, 9.17) is 9.84 Å². The van der Waals surface area contributed by atoms with Crippen molar-refractivity contribution in [3.63, 3.8) is 0 Å². The molecule has 25 heavy (non-hydrogen) atoms. The lowest BCUT2D eigenvalue weighted by molar-refractivity contribution is -0.384. The minimum Gasteiger partial charge on any atom is -0.492 e. The maximum Gasteiger partial charge on any atom is 0.317 e. The van der Waals surface area contributed by atoms with E-state index in [1.165, 1.54) is 12.1 Å². The number of aliphatic carboxylic acids is 1. The summed E-state index contributed by atoms with van der Waals surface area (Å²) in [5.41, 5.74) is 0.0522. The minimum absolute atomic E-state index is 0.0522. The highest BCUT2D eigenvalue weighted by atomic mass is 16.6. The number of likely N-dealkylation sites (tertiary alicyclic amines) is 1. The second-order valence-corrected chi connectivity index (χ2v) is 6.33. The summed E-state index contributed by atoms with van der Waals surface area (Å²) in [5.74, 6) is -0.167. The van der Waals surface area contributed by atoms with Crippen molar-refractivity contribution in [3.8, 4) is 5.75 Å². The Labute approximate surface area is 147 Å². The number of hydrogen-bond acceptors (Lipinski definition) is 6. The molecule has 138 valence electrons. The van der Waals surface area contributed by atoms with Crippen molar-refractivity contribution >= 4 is 11.7 Å². The van der Waals surface area contributed by atoms with Gasteiger partial charge in [-0.2, -0.15) is 0 Å². The maximum atomic E-state index is 10.8. The zero-order valence-electron chi connectivity index (χ0n) is 14.5. The third-order valence-corrected chi connectivity index (χ3v) is 4.52. The zero-order chi connectivity index (χ0) is 18.2. The summed E-state index contributed by atoms with van der Waals surface area (Å²) in [4.78, 5) is 25.3. The van der Waals surface area contributed by atoms with Crippen LogP contribution in [0.25, 0.3) is 0 Å². The summed E-state index contributed by atoms with van der Waals surface area (Å²) in [6.45, 7) is 3.27. The molecule has 2 rings (SSSR count). The molecule has 1 aliphatic rings. The van der Waals surface area contributed by atoms with Crippen LogP contribution in [0.15, 0.2) is 24.3 Å². The molecular formula is C17H25N3O5. The third-order valence-electron chi connectivity index (χ3n) is 4.52. The van der Waals surface area contributed by atoms with Gasteiger partial charge in [0.05, 0.1) is 11.5 Å². The van der Waals surface area contributed by atoms with Crippen LogP contribution in [0, 0.1) is 10.1 Å². The first-order valence-corrected chi connectivity index (χ1v) is 8.47. The molecule has 8 nitrogen and oxygen atoms in total. The number of nitro groups is 1. The van der Waals surface area contributed by atoms with Gasteiger partial charge in [-0.25, -0.2) is 0 Å². The quantitative estimate of drug-likeness (QED) is 0.564. The van der Waals surface area contributed by atoms with Crippen LogP contribution < -0.4 is 4.74 Å². The number of nitrogens with zero attached hydrogens (tertiary/aromatic N) is 3. The lowest BCUT2D eigenvalue weighted by atomic mass is 10.1. The van der Waals surface area contributed by atoms with Crippen molar-refractivity contribution in [1.29, 1.82) is 0 Å². The number of carboxylic acids is 1. The lowest BCUT2D eigenvalue weighted by Crippen LogP contribution is -2.37. The summed E-state index contributed by atoms with van der Waals surface area (Å²) < 4.78 is 5.66. The average Bonchev–Trinajstić information content (AvgIpc) is 2.80. The molecule has 1 aliphatic heterocycles. The molecule has 0 aromatic heterocycles. The van der Waals surface area contributed by atoms with Crippen LogP contribution in [-0.2, 0) is 4.79 Å². The van der Waals surface area contributed by atoms with Crippen LogP contribution in [0.3, 0.4) is 0 Å². The van der Waals surface area contributed by atoms with Gasteiger partial charge in [-0.05, 0) is 51.5 Å². The molecule has 0 radical (unpaired) electrons. The van der Waals surface area contributed by atoms with E-state index in [2.05, 4.69) is 4.90 Å². The predicted molar refractivity (Wildman–Crippen MR) is 92.9 cm³/mol. The number of likely N-dealkylation sites (N-methyl/N-ethyl adjacent to an activating group) is 1. The first kappa shape index (κ1) is 19.1. The number of nitro benzene ring substituents is 1. The Morgan fingerprint density at radius 3 is 2.72 bits per heavy atom. The van der Waals surface area contributed by atoms with Gasteiger partial charge in [0, 0.05) is 24.7 Å². The number of ether oxygens (including phenoxy) is 1. The van der Waals surface area contributed by atoms with Gasteiger partial charge in [0.1, 0.15) is 12.4 Å². The van der Waals surface area contributed by atoms with Gasteiger partial charge in [-0.1, -0.05) is 0 Å². The number of non-ortho nitro benzene ring substituents is 1. The maximum absolute atomic E-state index is 10.8. The molecule has 0 bridgehead atoms. The van der Waals surface area contributed by atoms with Crippen molar-refractivity contribution < 1.29 is 19.6 Å². The number of carboxylic acid groups (broad SMARTS) is 1. The highest BCUT2D eigenvalue weighted by Crippen LogP contribution is 2.18. The van der Waals surface area contributed by atoms with Gasteiger partial charge in [-0.3, -0.25) is 24.7 Å². The van der Waals surface area contributed by atoms with E-state index in [1.807, 2.05) is 11.9 Å². The van der Waals surface area contributed by atoms with Crippen molar-refractivity contribution in [3.05, 3.63) is 34.4 Å². The number of hydrogen-bond donors (Lipinski definition) is 1. The molecule has 0 spiro atoms. The van der Waals surface area contributed by atoms with Gasteiger partial charge in [0.15, 0.2) is 0 Å². The van der Waals surface area contributed by atoms with Crippen LogP contribution in [0.1, 0.15) is 19.3 Å². The summed E-state index contributed by atoms with van der Waals surface area (Å²) in [6.07, 6.45) is 2.98.